The number of carbonyl (C=O) groups is 2. The number of hydrogen-bond acceptors (Lipinski definition) is 5. The molecule has 1 aliphatic heterocycles. The van der Waals surface area contributed by atoms with Gasteiger partial charge in [-0.05, 0) is 43.5 Å². The number of rotatable bonds is 6. The molecule has 6 nitrogen and oxygen atoms in total. The molecule has 2 amide bonds. The Labute approximate surface area is 155 Å². The zero-order valence-corrected chi connectivity index (χ0v) is 15.4. The van der Waals surface area contributed by atoms with E-state index in [1.807, 2.05) is 6.92 Å². The summed E-state index contributed by atoms with van der Waals surface area (Å²) in [4.78, 5) is 26.5. The molecule has 1 saturated heterocycles. The molecule has 1 unspecified atom stereocenters. The van der Waals surface area contributed by atoms with Gasteiger partial charge in [-0.1, -0.05) is 24.7 Å². The molecular weight excluding hydrogens is 355 g/mol. The van der Waals surface area contributed by atoms with Gasteiger partial charge in [-0.3, -0.25) is 14.9 Å². The maximum atomic E-state index is 13.0. The van der Waals surface area contributed by atoms with E-state index in [0.29, 0.717) is 29.5 Å². The molecule has 0 spiro atoms. The van der Waals surface area contributed by atoms with Crippen LogP contribution in [-0.4, -0.2) is 39.5 Å². The van der Waals surface area contributed by atoms with Crippen molar-refractivity contribution in [3.05, 3.63) is 30.1 Å². The van der Waals surface area contributed by atoms with Crippen molar-refractivity contribution in [2.75, 3.05) is 11.9 Å². The van der Waals surface area contributed by atoms with Crippen molar-refractivity contribution in [1.82, 2.24) is 15.1 Å². The second-order valence-electron chi connectivity index (χ2n) is 6.26. The molecule has 1 aromatic heterocycles. The third-order valence-corrected chi connectivity index (χ3v) is 5.25. The minimum Gasteiger partial charge on any atom is -0.331 e. The summed E-state index contributed by atoms with van der Waals surface area (Å²) >= 11 is 1.22. The Morgan fingerprint density at radius 1 is 1.31 bits per heavy atom. The number of amides is 2. The quantitative estimate of drug-likeness (QED) is 0.838. The molecule has 1 aromatic carbocycles. The molecule has 1 N–H and O–H groups in total. The lowest BCUT2D eigenvalue weighted by Crippen LogP contribution is -2.43. The van der Waals surface area contributed by atoms with Gasteiger partial charge in [-0.15, -0.1) is 10.2 Å². The van der Waals surface area contributed by atoms with E-state index in [9.17, 15) is 14.0 Å². The lowest BCUT2D eigenvalue weighted by molar-refractivity contribution is -0.136. The van der Waals surface area contributed by atoms with E-state index < -0.39 is 6.04 Å². The maximum absolute atomic E-state index is 13.0. The zero-order chi connectivity index (χ0) is 18.5. The van der Waals surface area contributed by atoms with Crippen LogP contribution in [0.15, 0.2) is 24.3 Å². The third-order valence-electron chi connectivity index (χ3n) is 4.37. The predicted octanol–water partition coefficient (Wildman–Crippen LogP) is 3.46. The lowest BCUT2D eigenvalue weighted by atomic mass is 10.2. The summed E-state index contributed by atoms with van der Waals surface area (Å²) in [7, 11) is 0. The van der Waals surface area contributed by atoms with Crippen molar-refractivity contribution in [2.24, 2.45) is 0 Å². The van der Waals surface area contributed by atoms with Gasteiger partial charge in [0.25, 0.3) is 0 Å². The first-order valence-corrected chi connectivity index (χ1v) is 9.60. The molecule has 2 heterocycles. The van der Waals surface area contributed by atoms with Crippen LogP contribution < -0.4 is 5.32 Å². The van der Waals surface area contributed by atoms with Crippen molar-refractivity contribution in [1.29, 1.82) is 0 Å². The molecule has 1 atom stereocenters. The fourth-order valence-corrected chi connectivity index (χ4v) is 3.73. The van der Waals surface area contributed by atoms with Gasteiger partial charge in [-0.25, -0.2) is 4.39 Å². The van der Waals surface area contributed by atoms with Gasteiger partial charge in [0.2, 0.25) is 16.9 Å². The van der Waals surface area contributed by atoms with Crippen molar-refractivity contribution in [2.45, 2.75) is 45.1 Å². The summed E-state index contributed by atoms with van der Waals surface area (Å²) in [5.41, 5.74) is 0.738. The summed E-state index contributed by atoms with van der Waals surface area (Å²) in [5.74, 6) is -0.510. The number of benzene rings is 1. The Morgan fingerprint density at radius 3 is 2.81 bits per heavy atom. The van der Waals surface area contributed by atoms with E-state index in [4.69, 9.17) is 0 Å². The Kier molecular flexibility index (Phi) is 5.92. The normalized spacial score (nSPS) is 16.7. The number of halogens is 1. The number of nitrogens with one attached hydrogen (secondary N) is 1. The highest BCUT2D eigenvalue weighted by Gasteiger charge is 2.34. The van der Waals surface area contributed by atoms with E-state index >= 15 is 0 Å². The molecule has 1 fully saturated rings. The Morgan fingerprint density at radius 2 is 2.08 bits per heavy atom. The van der Waals surface area contributed by atoms with E-state index in [2.05, 4.69) is 15.5 Å². The number of hydrogen-bond donors (Lipinski definition) is 1. The first kappa shape index (κ1) is 18.4. The monoisotopic (exact) mass is 376 g/mol. The predicted molar refractivity (Wildman–Crippen MR) is 98.2 cm³/mol. The topological polar surface area (TPSA) is 75.2 Å². The number of aromatic nitrogens is 2. The average Bonchev–Trinajstić information content (AvgIpc) is 3.30. The standard InChI is InChI=1S/C18H21FN4O2S/c1-2-3-6-15(24)23-11-4-5-14(23)16(25)20-18-22-21-17(26-18)12-7-9-13(19)10-8-12/h7-10,14H,2-6,11H2,1H3,(H,20,22,25). The lowest BCUT2D eigenvalue weighted by Gasteiger charge is -2.23. The maximum Gasteiger partial charge on any atom is 0.249 e. The van der Waals surface area contributed by atoms with E-state index in [0.717, 1.165) is 24.8 Å². The van der Waals surface area contributed by atoms with Crippen LogP contribution in [0.3, 0.4) is 0 Å². The van der Waals surface area contributed by atoms with Crippen LogP contribution in [0.2, 0.25) is 0 Å². The van der Waals surface area contributed by atoms with E-state index in [1.165, 1.54) is 23.5 Å². The van der Waals surface area contributed by atoms with E-state index in [-0.39, 0.29) is 17.6 Å². The second kappa shape index (κ2) is 8.35. The first-order valence-electron chi connectivity index (χ1n) is 8.78. The largest absolute Gasteiger partial charge is 0.331 e. The molecular formula is C18H21FN4O2S. The summed E-state index contributed by atoms with van der Waals surface area (Å²) in [6.45, 7) is 2.66. The fourth-order valence-electron chi connectivity index (χ4n) is 2.98. The Bertz CT molecular complexity index is 778. The smallest absolute Gasteiger partial charge is 0.249 e. The zero-order valence-electron chi connectivity index (χ0n) is 14.6. The molecule has 0 saturated carbocycles. The van der Waals surface area contributed by atoms with Crippen LogP contribution in [0.5, 0.6) is 0 Å². The van der Waals surface area contributed by atoms with Crippen molar-refractivity contribution in [3.8, 4) is 10.6 Å². The highest BCUT2D eigenvalue weighted by atomic mass is 32.1. The first-order chi connectivity index (χ1) is 12.6. The summed E-state index contributed by atoms with van der Waals surface area (Å²) in [6.07, 6.45) is 3.75. The molecule has 0 aliphatic carbocycles. The van der Waals surface area contributed by atoms with Crippen LogP contribution in [0.4, 0.5) is 9.52 Å². The van der Waals surface area contributed by atoms with Crippen LogP contribution in [0, 0.1) is 5.82 Å². The molecule has 0 radical (unpaired) electrons. The van der Waals surface area contributed by atoms with Crippen LogP contribution >= 0.6 is 11.3 Å². The van der Waals surface area contributed by atoms with Crippen LogP contribution in [0.1, 0.15) is 39.0 Å². The summed E-state index contributed by atoms with van der Waals surface area (Å²) < 4.78 is 13.0. The summed E-state index contributed by atoms with van der Waals surface area (Å²) in [5, 5.41) is 11.8. The minimum atomic E-state index is -0.447. The SMILES string of the molecule is CCCCC(=O)N1CCCC1C(=O)Nc1nnc(-c2ccc(F)cc2)s1. The average molecular weight is 376 g/mol. The Hall–Kier alpha value is -2.35. The van der Waals surface area contributed by atoms with Crippen LogP contribution in [0.25, 0.3) is 10.6 Å². The van der Waals surface area contributed by atoms with Gasteiger partial charge in [0.05, 0.1) is 0 Å². The molecule has 26 heavy (non-hydrogen) atoms. The van der Waals surface area contributed by atoms with Crippen molar-refractivity contribution < 1.29 is 14.0 Å². The van der Waals surface area contributed by atoms with Crippen LogP contribution in [-0.2, 0) is 9.59 Å². The molecule has 138 valence electrons. The van der Waals surface area contributed by atoms with Gasteiger partial charge < -0.3 is 4.90 Å². The third kappa shape index (κ3) is 4.24. The highest BCUT2D eigenvalue weighted by molar-refractivity contribution is 7.18. The van der Waals surface area contributed by atoms with Gasteiger partial charge in [0, 0.05) is 18.5 Å². The summed E-state index contributed by atoms with van der Waals surface area (Å²) in [6, 6.07) is 5.50. The minimum absolute atomic E-state index is 0.0359. The molecule has 1 aliphatic rings. The molecule has 8 heteroatoms. The molecule has 2 aromatic rings. The van der Waals surface area contributed by atoms with Crippen molar-refractivity contribution in [3.63, 3.8) is 0 Å². The second-order valence-corrected chi connectivity index (χ2v) is 7.23. The molecule has 3 rings (SSSR count). The number of nitrogens with zero attached hydrogens (tertiary/aromatic N) is 3. The number of unbranched alkanes of at least 4 members (excludes halogenated alkanes) is 1. The van der Waals surface area contributed by atoms with Gasteiger partial charge in [-0.2, -0.15) is 0 Å². The fraction of sp³-hybridized carbons (Fsp3) is 0.444. The number of likely N-dealkylation sites (tertiary alicyclic amines) is 1. The van der Waals surface area contributed by atoms with Gasteiger partial charge >= 0.3 is 0 Å². The molecule has 0 bridgehead atoms. The van der Waals surface area contributed by atoms with E-state index in [1.54, 1.807) is 17.0 Å². The van der Waals surface area contributed by atoms with Crippen molar-refractivity contribution >= 4 is 28.3 Å². The van der Waals surface area contributed by atoms with Gasteiger partial charge in [0.15, 0.2) is 0 Å². The Balaban J connectivity index is 1.64. The van der Waals surface area contributed by atoms with Gasteiger partial charge in [0.1, 0.15) is 16.9 Å². The highest BCUT2D eigenvalue weighted by Crippen LogP contribution is 2.27. The number of anilines is 1. The number of carbonyl (C=O) groups excluding carboxylic acids is 2.